The molecule has 0 aliphatic rings. The molecule has 2 aromatic rings. The molecular weight excluding hydrogens is 227 g/mol. The Hall–Kier alpha value is -2.37. The fraction of sp³-hybridized carbons (Fsp3) is 0.0909. The first kappa shape index (κ1) is 11.1. The predicted octanol–water partition coefficient (Wildman–Crippen LogP) is 2.12. The largest absolute Gasteiger partial charge is 0.478 e. The van der Waals surface area contributed by atoms with E-state index in [9.17, 15) is 9.18 Å². The van der Waals surface area contributed by atoms with Gasteiger partial charge in [-0.25, -0.2) is 14.2 Å². The van der Waals surface area contributed by atoms with Gasteiger partial charge in [-0.05, 0) is 12.1 Å². The van der Waals surface area contributed by atoms with E-state index in [1.807, 2.05) is 0 Å². The number of halogens is 1. The fourth-order valence-electron chi connectivity index (χ4n) is 1.32. The van der Waals surface area contributed by atoms with Crippen LogP contribution < -0.4 is 5.32 Å². The van der Waals surface area contributed by atoms with Gasteiger partial charge in [0.2, 0.25) is 0 Å². The van der Waals surface area contributed by atoms with Crippen LogP contribution in [0, 0.1) is 5.82 Å². The summed E-state index contributed by atoms with van der Waals surface area (Å²) in [6.07, 6.45) is 3.99. The van der Waals surface area contributed by atoms with Gasteiger partial charge in [0.15, 0.2) is 0 Å². The Labute approximate surface area is 95.9 Å². The molecule has 0 bridgehead atoms. The predicted molar refractivity (Wildman–Crippen MR) is 57.2 cm³/mol. The first-order valence-electron chi connectivity index (χ1n) is 4.80. The van der Waals surface area contributed by atoms with Crippen LogP contribution in [0.4, 0.5) is 10.2 Å². The van der Waals surface area contributed by atoms with Gasteiger partial charge >= 0.3 is 5.97 Å². The summed E-state index contributed by atoms with van der Waals surface area (Å²) in [5.41, 5.74) is 0.640. The number of carboxylic acid groups (broad SMARTS) is 1. The summed E-state index contributed by atoms with van der Waals surface area (Å²) in [5.74, 6) is -1.79. The van der Waals surface area contributed by atoms with Crippen molar-refractivity contribution in [3.8, 4) is 0 Å². The second kappa shape index (κ2) is 4.65. The maximum Gasteiger partial charge on any atom is 0.339 e. The Kier molecular flexibility index (Phi) is 3.04. The lowest BCUT2D eigenvalue weighted by molar-refractivity contribution is 0.0697. The molecular formula is C11H9FN2O3. The number of nitrogens with zero attached hydrogens (tertiary/aromatic N) is 1. The maximum atomic E-state index is 12.9. The highest BCUT2D eigenvalue weighted by Crippen LogP contribution is 2.14. The number of rotatable bonds is 4. The molecule has 0 spiro atoms. The van der Waals surface area contributed by atoms with E-state index in [-0.39, 0.29) is 11.4 Å². The number of hydrogen-bond acceptors (Lipinski definition) is 4. The number of aromatic carboxylic acids is 1. The molecule has 0 saturated heterocycles. The van der Waals surface area contributed by atoms with Crippen molar-refractivity contribution in [2.45, 2.75) is 6.54 Å². The molecule has 0 amide bonds. The van der Waals surface area contributed by atoms with Crippen LogP contribution in [0.2, 0.25) is 0 Å². The van der Waals surface area contributed by atoms with E-state index < -0.39 is 11.8 Å². The summed E-state index contributed by atoms with van der Waals surface area (Å²) in [6.45, 7) is 0.357. The minimum absolute atomic E-state index is 0.125. The quantitative estimate of drug-likeness (QED) is 0.850. The van der Waals surface area contributed by atoms with Crippen molar-refractivity contribution >= 4 is 11.8 Å². The Bertz CT molecular complexity index is 526. The molecule has 2 heterocycles. The monoisotopic (exact) mass is 236 g/mol. The first-order valence-corrected chi connectivity index (χ1v) is 4.80. The van der Waals surface area contributed by atoms with Crippen LogP contribution in [0.15, 0.2) is 35.3 Å². The van der Waals surface area contributed by atoms with E-state index in [1.165, 1.54) is 12.5 Å². The Morgan fingerprint density at radius 3 is 3.06 bits per heavy atom. The average Bonchev–Trinajstić information content (AvgIpc) is 2.80. The first-order chi connectivity index (χ1) is 8.16. The molecule has 2 rings (SSSR count). The summed E-state index contributed by atoms with van der Waals surface area (Å²) in [4.78, 5) is 14.6. The van der Waals surface area contributed by atoms with Crippen molar-refractivity contribution in [1.82, 2.24) is 4.98 Å². The van der Waals surface area contributed by atoms with Gasteiger partial charge < -0.3 is 14.8 Å². The fourth-order valence-corrected chi connectivity index (χ4v) is 1.32. The Morgan fingerprint density at radius 2 is 2.41 bits per heavy atom. The number of furan rings is 1. The van der Waals surface area contributed by atoms with Gasteiger partial charge in [0.1, 0.15) is 17.2 Å². The number of nitrogens with one attached hydrogen (secondary N) is 1. The third kappa shape index (κ3) is 2.60. The van der Waals surface area contributed by atoms with Gasteiger partial charge in [0, 0.05) is 12.1 Å². The second-order valence-electron chi connectivity index (χ2n) is 3.34. The third-order valence-corrected chi connectivity index (χ3v) is 2.12. The zero-order chi connectivity index (χ0) is 12.3. The molecule has 88 valence electrons. The topological polar surface area (TPSA) is 75.4 Å². The van der Waals surface area contributed by atoms with Crippen molar-refractivity contribution in [2.24, 2.45) is 0 Å². The van der Waals surface area contributed by atoms with Crippen molar-refractivity contribution in [2.75, 3.05) is 5.32 Å². The number of anilines is 1. The third-order valence-electron chi connectivity index (χ3n) is 2.12. The van der Waals surface area contributed by atoms with E-state index >= 15 is 0 Å². The zero-order valence-electron chi connectivity index (χ0n) is 8.68. The maximum absolute atomic E-state index is 12.9. The number of aromatic nitrogens is 1. The summed E-state index contributed by atoms with van der Waals surface area (Å²) in [6, 6.07) is 2.66. The number of carboxylic acids is 1. The van der Waals surface area contributed by atoms with Crippen LogP contribution in [-0.2, 0) is 6.54 Å². The van der Waals surface area contributed by atoms with Crippen molar-refractivity contribution in [3.63, 3.8) is 0 Å². The normalized spacial score (nSPS) is 10.2. The summed E-state index contributed by atoms with van der Waals surface area (Å²) in [7, 11) is 0. The standard InChI is InChI=1S/C11H9FN2O3/c12-8-3-9(11(15)16)10(14-5-8)13-4-7-1-2-17-6-7/h1-3,5-6H,4H2,(H,13,14)(H,15,16). The zero-order valence-corrected chi connectivity index (χ0v) is 8.68. The Balaban J connectivity index is 2.17. The molecule has 0 unspecified atom stereocenters. The average molecular weight is 236 g/mol. The van der Waals surface area contributed by atoms with Gasteiger partial charge in [0.05, 0.1) is 18.7 Å². The number of hydrogen-bond donors (Lipinski definition) is 2. The van der Waals surface area contributed by atoms with Crippen LogP contribution in [0.25, 0.3) is 0 Å². The highest BCUT2D eigenvalue weighted by atomic mass is 19.1. The molecule has 0 saturated carbocycles. The smallest absolute Gasteiger partial charge is 0.339 e. The van der Waals surface area contributed by atoms with Gasteiger partial charge in [0.25, 0.3) is 0 Å². The molecule has 2 N–H and O–H groups in total. The van der Waals surface area contributed by atoms with Gasteiger partial charge in [-0.1, -0.05) is 0 Å². The van der Waals surface area contributed by atoms with Crippen molar-refractivity contribution in [3.05, 3.63) is 47.8 Å². The molecule has 2 aromatic heterocycles. The highest BCUT2D eigenvalue weighted by molar-refractivity contribution is 5.93. The Morgan fingerprint density at radius 1 is 1.59 bits per heavy atom. The summed E-state index contributed by atoms with van der Waals surface area (Å²) < 4.78 is 17.7. The molecule has 0 aromatic carbocycles. The van der Waals surface area contributed by atoms with E-state index in [0.717, 1.165) is 17.8 Å². The van der Waals surface area contributed by atoms with Crippen molar-refractivity contribution < 1.29 is 18.7 Å². The molecule has 17 heavy (non-hydrogen) atoms. The van der Waals surface area contributed by atoms with E-state index in [2.05, 4.69) is 10.3 Å². The molecule has 0 fully saturated rings. The lowest BCUT2D eigenvalue weighted by atomic mass is 10.2. The van der Waals surface area contributed by atoms with Gasteiger partial charge in [-0.3, -0.25) is 0 Å². The molecule has 0 atom stereocenters. The SMILES string of the molecule is O=C(O)c1cc(F)cnc1NCc1ccoc1. The lowest BCUT2D eigenvalue weighted by Gasteiger charge is -2.06. The van der Waals surface area contributed by atoms with Gasteiger partial charge in [-0.15, -0.1) is 0 Å². The summed E-state index contributed by atoms with van der Waals surface area (Å²) in [5, 5.41) is 11.7. The van der Waals surface area contributed by atoms with E-state index in [0.29, 0.717) is 6.54 Å². The van der Waals surface area contributed by atoms with E-state index in [4.69, 9.17) is 9.52 Å². The van der Waals surface area contributed by atoms with Crippen LogP contribution >= 0.6 is 0 Å². The molecule has 0 aliphatic heterocycles. The highest BCUT2D eigenvalue weighted by Gasteiger charge is 2.12. The van der Waals surface area contributed by atoms with Crippen molar-refractivity contribution in [1.29, 1.82) is 0 Å². The van der Waals surface area contributed by atoms with E-state index in [1.54, 1.807) is 6.07 Å². The second-order valence-corrected chi connectivity index (χ2v) is 3.34. The van der Waals surface area contributed by atoms with Gasteiger partial charge in [-0.2, -0.15) is 0 Å². The van der Waals surface area contributed by atoms with Crippen LogP contribution in [0.3, 0.4) is 0 Å². The van der Waals surface area contributed by atoms with Crippen LogP contribution in [-0.4, -0.2) is 16.1 Å². The molecule has 0 radical (unpaired) electrons. The summed E-state index contributed by atoms with van der Waals surface area (Å²) >= 11 is 0. The molecule has 0 aliphatic carbocycles. The van der Waals surface area contributed by atoms with Crippen LogP contribution in [0.5, 0.6) is 0 Å². The molecule has 5 nitrogen and oxygen atoms in total. The number of pyridine rings is 1. The number of carbonyl (C=O) groups is 1. The van der Waals surface area contributed by atoms with Crippen LogP contribution in [0.1, 0.15) is 15.9 Å². The molecule has 6 heteroatoms. The minimum Gasteiger partial charge on any atom is -0.478 e. The minimum atomic E-state index is -1.23. The lowest BCUT2D eigenvalue weighted by Crippen LogP contribution is -2.08.